The molecule has 3 saturated carbocycles. The maximum absolute atomic E-state index is 12.7. The van der Waals surface area contributed by atoms with Gasteiger partial charge in [0, 0.05) is 18.8 Å². The van der Waals surface area contributed by atoms with Gasteiger partial charge in [-0.15, -0.1) is 0 Å². The van der Waals surface area contributed by atoms with Crippen molar-refractivity contribution in [1.29, 1.82) is 0 Å². The van der Waals surface area contributed by atoms with Gasteiger partial charge in [0.05, 0.1) is 0 Å². The van der Waals surface area contributed by atoms with E-state index in [0.29, 0.717) is 42.3 Å². The monoisotopic (exact) mass is 358 g/mol. The highest BCUT2D eigenvalue weighted by Gasteiger charge is 2.66. The Morgan fingerprint density at radius 3 is 2.50 bits per heavy atom. The fraction of sp³-hybridized carbons (Fsp3) is 0.773. The molecule has 0 amide bonds. The van der Waals surface area contributed by atoms with Crippen molar-refractivity contribution in [2.24, 2.45) is 29.1 Å². The highest BCUT2D eigenvalue weighted by atomic mass is 16.6. The largest absolute Gasteiger partial charge is 0.451 e. The van der Waals surface area contributed by atoms with Crippen LogP contribution in [0, 0.1) is 29.1 Å². The van der Waals surface area contributed by atoms with Crippen molar-refractivity contribution in [3.63, 3.8) is 0 Å². The fourth-order valence-electron chi connectivity index (χ4n) is 7.24. The third kappa shape index (κ3) is 2.36. The summed E-state index contributed by atoms with van der Waals surface area (Å²) >= 11 is 0. The third-order valence-electron chi connectivity index (χ3n) is 8.31. The minimum Gasteiger partial charge on any atom is -0.451 e. The Morgan fingerprint density at radius 1 is 1.04 bits per heavy atom. The first kappa shape index (κ1) is 17.9. The van der Waals surface area contributed by atoms with Crippen LogP contribution in [0.15, 0.2) is 11.6 Å². The van der Waals surface area contributed by atoms with Crippen LogP contribution in [0.1, 0.15) is 72.1 Å². The van der Waals surface area contributed by atoms with E-state index in [2.05, 4.69) is 6.92 Å². The number of carbonyl (C=O) groups is 3. The summed E-state index contributed by atoms with van der Waals surface area (Å²) in [5, 5.41) is 0. The number of Topliss-reactive ketones (excluding diaryl/α,β-unsaturated/α-hetero) is 1. The van der Waals surface area contributed by atoms with Gasteiger partial charge >= 0.3 is 5.97 Å². The highest BCUT2D eigenvalue weighted by Crippen LogP contribution is 2.66. The summed E-state index contributed by atoms with van der Waals surface area (Å²) in [6, 6.07) is 0. The molecule has 4 heteroatoms. The lowest BCUT2D eigenvalue weighted by Gasteiger charge is -2.55. The zero-order valence-electron chi connectivity index (χ0n) is 16.2. The molecule has 0 heterocycles. The van der Waals surface area contributed by atoms with Crippen molar-refractivity contribution >= 4 is 17.5 Å². The maximum Gasteiger partial charge on any atom is 0.303 e. The summed E-state index contributed by atoms with van der Waals surface area (Å²) in [6.45, 7) is 5.21. The molecule has 4 nitrogen and oxygen atoms in total. The van der Waals surface area contributed by atoms with Crippen molar-refractivity contribution in [1.82, 2.24) is 0 Å². The minimum atomic E-state index is -0.937. The molecule has 0 radical (unpaired) electrons. The summed E-state index contributed by atoms with van der Waals surface area (Å²) in [5.41, 5.74) is 0.187. The third-order valence-corrected chi connectivity index (χ3v) is 8.31. The fourth-order valence-corrected chi connectivity index (χ4v) is 7.24. The maximum atomic E-state index is 12.7. The Hall–Kier alpha value is -1.45. The van der Waals surface area contributed by atoms with Crippen LogP contribution in [0.4, 0.5) is 0 Å². The molecule has 0 unspecified atom stereocenters. The second kappa shape index (κ2) is 6.03. The normalized spacial score (nSPS) is 44.4. The van der Waals surface area contributed by atoms with Crippen molar-refractivity contribution in [3.05, 3.63) is 11.6 Å². The molecule has 4 aliphatic carbocycles. The number of esters is 1. The summed E-state index contributed by atoms with van der Waals surface area (Å²) in [4.78, 5) is 36.3. The molecule has 4 aliphatic rings. The van der Waals surface area contributed by atoms with Gasteiger partial charge in [0.25, 0.3) is 0 Å². The van der Waals surface area contributed by atoms with Gasteiger partial charge in [-0.25, -0.2) is 0 Å². The number of hydrogen-bond acceptors (Lipinski definition) is 4. The van der Waals surface area contributed by atoms with Crippen LogP contribution in [-0.2, 0) is 19.1 Å². The number of ketones is 2. The lowest BCUT2D eigenvalue weighted by molar-refractivity contribution is -0.185. The summed E-state index contributed by atoms with van der Waals surface area (Å²) in [5.74, 6) is 2.16. The number of rotatable bonds is 2. The molecule has 0 aromatic carbocycles. The van der Waals surface area contributed by atoms with Crippen LogP contribution >= 0.6 is 0 Å². The van der Waals surface area contributed by atoms with Gasteiger partial charge in [0.15, 0.2) is 17.2 Å². The molecule has 3 fully saturated rings. The topological polar surface area (TPSA) is 60.4 Å². The van der Waals surface area contributed by atoms with E-state index in [1.807, 2.05) is 6.08 Å². The number of carbonyl (C=O) groups excluding carboxylic acids is 3. The summed E-state index contributed by atoms with van der Waals surface area (Å²) in [6.07, 6.45) is 9.37. The zero-order valence-corrected chi connectivity index (χ0v) is 16.2. The van der Waals surface area contributed by atoms with Gasteiger partial charge in [-0.1, -0.05) is 12.5 Å². The van der Waals surface area contributed by atoms with Crippen molar-refractivity contribution in [2.45, 2.75) is 77.7 Å². The van der Waals surface area contributed by atoms with E-state index < -0.39 is 5.60 Å². The standard InChI is InChI=1S/C22H30O4/c1-13(23)22(26-14(2)24)11-9-20-19-6-4-15-12-16(25)5-7-17(15)18(19)8-10-21(20,22)3/h12,17-20H,4-11H2,1-3H3/t17-,18+,19+,20-,21-,22-/m0/s1. The van der Waals surface area contributed by atoms with Crippen molar-refractivity contribution in [2.75, 3.05) is 0 Å². The number of allylic oxidation sites excluding steroid dienone is 1. The first-order valence-corrected chi connectivity index (χ1v) is 10.2. The van der Waals surface area contributed by atoms with E-state index in [0.717, 1.165) is 38.5 Å². The summed E-state index contributed by atoms with van der Waals surface area (Å²) < 4.78 is 5.79. The second-order valence-electron chi connectivity index (χ2n) is 9.28. The van der Waals surface area contributed by atoms with Crippen LogP contribution in [0.5, 0.6) is 0 Å². The molecule has 0 aromatic rings. The Bertz CT molecular complexity index is 692. The average Bonchev–Trinajstić information content (AvgIpc) is 2.87. The predicted molar refractivity (Wildman–Crippen MR) is 97.3 cm³/mol. The predicted octanol–water partition coefficient (Wildman–Crippen LogP) is 4.02. The van der Waals surface area contributed by atoms with Crippen LogP contribution in [-0.4, -0.2) is 23.1 Å². The quantitative estimate of drug-likeness (QED) is 0.700. The van der Waals surface area contributed by atoms with Gasteiger partial charge in [-0.3, -0.25) is 14.4 Å². The number of hydrogen-bond donors (Lipinski definition) is 0. The average molecular weight is 358 g/mol. The SMILES string of the molecule is CC(=O)O[C@]1(C(C)=O)CC[C@H]2[C@@H]3CCC4=CC(=O)CC[C@@H]4[C@H]3CC[C@@]21C. The number of fused-ring (bicyclic) bond motifs is 5. The molecule has 0 bridgehead atoms. The van der Waals surface area contributed by atoms with Gasteiger partial charge < -0.3 is 4.74 Å². The molecular formula is C22H30O4. The first-order valence-electron chi connectivity index (χ1n) is 10.2. The Balaban J connectivity index is 1.66. The van der Waals surface area contributed by atoms with E-state index >= 15 is 0 Å². The highest BCUT2D eigenvalue weighted by molar-refractivity contribution is 5.91. The van der Waals surface area contributed by atoms with E-state index in [1.54, 1.807) is 6.92 Å². The summed E-state index contributed by atoms with van der Waals surface area (Å²) in [7, 11) is 0. The van der Waals surface area contributed by atoms with Crippen LogP contribution in [0.25, 0.3) is 0 Å². The smallest absolute Gasteiger partial charge is 0.303 e. The van der Waals surface area contributed by atoms with E-state index in [1.165, 1.54) is 12.5 Å². The second-order valence-corrected chi connectivity index (χ2v) is 9.28. The Kier molecular flexibility index (Phi) is 4.16. The molecule has 142 valence electrons. The van der Waals surface area contributed by atoms with Gasteiger partial charge in [0.2, 0.25) is 0 Å². The molecule has 0 spiro atoms. The van der Waals surface area contributed by atoms with Crippen molar-refractivity contribution in [3.8, 4) is 0 Å². The minimum absolute atomic E-state index is 0.0100. The molecule has 6 atom stereocenters. The number of ether oxygens (including phenoxy) is 1. The molecule has 0 N–H and O–H groups in total. The molecule has 0 aromatic heterocycles. The zero-order chi connectivity index (χ0) is 18.7. The lowest BCUT2D eigenvalue weighted by Crippen LogP contribution is -2.57. The molecular weight excluding hydrogens is 328 g/mol. The molecule has 0 saturated heterocycles. The van der Waals surface area contributed by atoms with Gasteiger partial charge in [-0.2, -0.15) is 0 Å². The van der Waals surface area contributed by atoms with Gasteiger partial charge in [0.1, 0.15) is 0 Å². The Morgan fingerprint density at radius 2 is 1.81 bits per heavy atom. The van der Waals surface area contributed by atoms with E-state index in [4.69, 9.17) is 4.74 Å². The Labute approximate surface area is 155 Å². The van der Waals surface area contributed by atoms with Crippen LogP contribution in [0.3, 0.4) is 0 Å². The van der Waals surface area contributed by atoms with Gasteiger partial charge in [-0.05, 0) is 81.6 Å². The molecule has 26 heavy (non-hydrogen) atoms. The van der Waals surface area contributed by atoms with Crippen molar-refractivity contribution < 1.29 is 19.1 Å². The molecule has 0 aliphatic heterocycles. The van der Waals surface area contributed by atoms with E-state index in [-0.39, 0.29) is 17.2 Å². The lowest BCUT2D eigenvalue weighted by atomic mass is 9.50. The first-order chi connectivity index (χ1) is 12.3. The van der Waals surface area contributed by atoms with E-state index in [9.17, 15) is 14.4 Å². The van der Waals surface area contributed by atoms with Crippen LogP contribution < -0.4 is 0 Å². The van der Waals surface area contributed by atoms with Crippen LogP contribution in [0.2, 0.25) is 0 Å². The molecule has 4 rings (SSSR count).